The Morgan fingerprint density at radius 1 is 1.03 bits per heavy atom. The van der Waals surface area contributed by atoms with Gasteiger partial charge in [-0.25, -0.2) is 4.79 Å². The molecule has 0 saturated heterocycles. The van der Waals surface area contributed by atoms with E-state index in [1.54, 1.807) is 37.5 Å². The van der Waals surface area contributed by atoms with Crippen molar-refractivity contribution in [2.45, 2.75) is 52.5 Å². The van der Waals surface area contributed by atoms with Gasteiger partial charge in [-0.3, -0.25) is 14.4 Å². The van der Waals surface area contributed by atoms with Crippen molar-refractivity contribution in [2.75, 3.05) is 6.54 Å². The average molecular weight is 553 g/mol. The lowest BCUT2D eigenvalue weighted by Crippen LogP contribution is -2.49. The maximum absolute atomic E-state index is 13.1. The van der Waals surface area contributed by atoms with E-state index in [0.717, 1.165) is 16.5 Å². The molecule has 4 rings (SSSR count). The van der Waals surface area contributed by atoms with E-state index in [1.807, 2.05) is 19.9 Å². The van der Waals surface area contributed by atoms with Gasteiger partial charge in [-0.05, 0) is 62.1 Å². The molecule has 4 aromatic rings. The van der Waals surface area contributed by atoms with Crippen LogP contribution in [0.25, 0.3) is 21.9 Å². The van der Waals surface area contributed by atoms with Gasteiger partial charge < -0.3 is 24.6 Å². The van der Waals surface area contributed by atoms with E-state index in [-0.39, 0.29) is 37.8 Å². The molecule has 39 heavy (non-hydrogen) atoms. The molecule has 0 radical (unpaired) electrons. The van der Waals surface area contributed by atoms with Crippen LogP contribution in [0.15, 0.2) is 50.2 Å². The molecular weight excluding hydrogens is 524 g/mol. The van der Waals surface area contributed by atoms with E-state index in [0.29, 0.717) is 32.7 Å². The van der Waals surface area contributed by atoms with E-state index in [9.17, 15) is 19.2 Å². The Morgan fingerprint density at radius 2 is 1.74 bits per heavy atom. The fraction of sp³-hybridized carbons (Fsp3) is 0.310. The lowest BCUT2D eigenvalue weighted by Gasteiger charge is -2.19. The monoisotopic (exact) mass is 552 g/mol. The largest absolute Gasteiger partial charge is 0.481 e. The number of aryl methyl sites for hydroxylation is 3. The predicted molar refractivity (Wildman–Crippen MR) is 147 cm³/mol. The first-order valence-electron chi connectivity index (χ1n) is 12.5. The Kier molecular flexibility index (Phi) is 8.40. The molecule has 1 atom stereocenters. The molecule has 0 aliphatic carbocycles. The number of hydrogen-bond donors (Lipinski definition) is 3. The van der Waals surface area contributed by atoms with Crippen LogP contribution < -0.4 is 16.3 Å². The summed E-state index contributed by atoms with van der Waals surface area (Å²) in [5.74, 6) is -1.94. The van der Waals surface area contributed by atoms with E-state index >= 15 is 0 Å². The lowest BCUT2D eigenvalue weighted by atomic mass is 9.98. The number of aliphatic carboxylic acids is 1. The number of halogens is 1. The van der Waals surface area contributed by atoms with Gasteiger partial charge in [0.2, 0.25) is 11.8 Å². The number of furan rings is 1. The molecule has 3 N–H and O–H groups in total. The minimum Gasteiger partial charge on any atom is -0.481 e. The third-order valence-corrected chi connectivity index (χ3v) is 7.00. The van der Waals surface area contributed by atoms with Crippen LogP contribution in [-0.2, 0) is 27.2 Å². The summed E-state index contributed by atoms with van der Waals surface area (Å²) < 4.78 is 11.3. The van der Waals surface area contributed by atoms with E-state index in [4.69, 9.17) is 25.5 Å². The van der Waals surface area contributed by atoms with Gasteiger partial charge in [0.1, 0.15) is 17.2 Å². The third-order valence-electron chi connectivity index (χ3n) is 6.74. The van der Waals surface area contributed by atoms with Gasteiger partial charge in [-0.1, -0.05) is 23.7 Å². The Morgan fingerprint density at radius 3 is 2.44 bits per heavy atom. The highest BCUT2D eigenvalue weighted by molar-refractivity contribution is 6.30. The van der Waals surface area contributed by atoms with E-state index < -0.39 is 29.5 Å². The molecule has 2 amide bonds. The summed E-state index contributed by atoms with van der Waals surface area (Å²) in [6.07, 6.45) is 1.70. The van der Waals surface area contributed by atoms with Gasteiger partial charge in [-0.15, -0.1) is 0 Å². The van der Waals surface area contributed by atoms with E-state index in [2.05, 4.69) is 10.6 Å². The Bertz CT molecular complexity index is 1620. The maximum Gasteiger partial charge on any atom is 0.340 e. The van der Waals surface area contributed by atoms with Crippen molar-refractivity contribution in [3.05, 3.63) is 79.9 Å². The molecule has 2 heterocycles. The number of nitrogens with one attached hydrogen (secondary N) is 2. The zero-order valence-corrected chi connectivity index (χ0v) is 22.6. The molecule has 2 aromatic heterocycles. The average Bonchev–Trinajstić information content (AvgIpc) is 3.26. The first-order valence-corrected chi connectivity index (χ1v) is 12.9. The lowest BCUT2D eigenvalue weighted by molar-refractivity contribution is -0.137. The molecule has 2 aromatic carbocycles. The van der Waals surface area contributed by atoms with Crippen molar-refractivity contribution >= 4 is 51.3 Å². The highest BCUT2D eigenvalue weighted by Crippen LogP contribution is 2.32. The second-order valence-corrected chi connectivity index (χ2v) is 10.0. The molecule has 0 bridgehead atoms. The van der Waals surface area contributed by atoms with Crippen molar-refractivity contribution < 1.29 is 28.3 Å². The number of fused-ring (bicyclic) bond motifs is 2. The van der Waals surface area contributed by atoms with Gasteiger partial charge in [0.15, 0.2) is 0 Å². The molecule has 0 spiro atoms. The number of amides is 2. The molecule has 10 heteroatoms. The molecule has 9 nitrogen and oxygen atoms in total. The summed E-state index contributed by atoms with van der Waals surface area (Å²) in [4.78, 5) is 49.8. The first kappa shape index (κ1) is 27.9. The van der Waals surface area contributed by atoms with Crippen LogP contribution in [-0.4, -0.2) is 35.5 Å². The van der Waals surface area contributed by atoms with Crippen molar-refractivity contribution in [1.82, 2.24) is 10.6 Å². The predicted octanol–water partition coefficient (Wildman–Crippen LogP) is 4.37. The molecular formula is C29H29ClN2O7. The minimum absolute atomic E-state index is 0.0877. The number of carbonyl (C=O) groups is 3. The first-order chi connectivity index (χ1) is 18.5. The summed E-state index contributed by atoms with van der Waals surface area (Å²) in [6.45, 7) is 5.65. The number of benzene rings is 2. The van der Waals surface area contributed by atoms with Crippen molar-refractivity contribution in [2.24, 2.45) is 0 Å². The molecule has 0 fully saturated rings. The van der Waals surface area contributed by atoms with Crippen LogP contribution in [0, 0.1) is 20.8 Å². The topological polar surface area (TPSA) is 139 Å². The van der Waals surface area contributed by atoms with Crippen molar-refractivity contribution in [3.8, 4) is 0 Å². The highest BCUT2D eigenvalue weighted by Gasteiger charge is 2.24. The van der Waals surface area contributed by atoms with Crippen molar-refractivity contribution in [3.63, 3.8) is 0 Å². The SMILES string of the molecule is Cc1coc2c(C)c3oc(=O)c(CC(=O)NC(Cc4ccc(Cl)cc4)C(=O)NCCCC(=O)O)c(C)c3cc12. The number of hydrogen-bond acceptors (Lipinski definition) is 6. The number of rotatable bonds is 10. The molecule has 0 aliphatic heterocycles. The zero-order valence-electron chi connectivity index (χ0n) is 21.9. The highest BCUT2D eigenvalue weighted by atomic mass is 35.5. The molecule has 1 unspecified atom stereocenters. The number of carbonyl (C=O) groups excluding carboxylic acids is 2. The maximum atomic E-state index is 13.1. The van der Waals surface area contributed by atoms with Gasteiger partial charge in [-0.2, -0.15) is 0 Å². The van der Waals surface area contributed by atoms with E-state index in [1.165, 1.54) is 0 Å². The third kappa shape index (κ3) is 6.31. The number of carboxylic acid groups (broad SMARTS) is 1. The summed E-state index contributed by atoms with van der Waals surface area (Å²) in [6, 6.07) is 7.82. The Labute approximate surface area is 229 Å². The Balaban J connectivity index is 1.57. The van der Waals surface area contributed by atoms with Gasteiger partial charge in [0, 0.05) is 40.7 Å². The van der Waals surface area contributed by atoms with Gasteiger partial charge >= 0.3 is 11.6 Å². The summed E-state index contributed by atoms with van der Waals surface area (Å²) in [7, 11) is 0. The minimum atomic E-state index is -0.960. The normalized spacial score (nSPS) is 12.0. The van der Waals surface area contributed by atoms with Gasteiger partial charge in [0.05, 0.1) is 18.2 Å². The number of carboxylic acids is 1. The quantitative estimate of drug-likeness (QED) is 0.196. The Hall–Kier alpha value is -4.11. The standard InChI is InChI=1S/C29H29ClN2O7/c1-15-14-38-26-17(3)27-21(12-20(15)26)16(2)22(29(37)39-27)13-24(33)32-23(11-18-6-8-19(30)9-7-18)28(36)31-10-4-5-25(34)35/h6-9,12,14,23H,4-5,10-11,13H2,1-3H3,(H,31,36)(H,32,33)(H,34,35). The summed E-state index contributed by atoms with van der Waals surface area (Å²) in [5, 5.41) is 16.4. The molecule has 0 saturated carbocycles. The second kappa shape index (κ2) is 11.7. The van der Waals surface area contributed by atoms with Crippen LogP contribution in [0.5, 0.6) is 0 Å². The fourth-order valence-corrected chi connectivity index (χ4v) is 4.69. The van der Waals surface area contributed by atoms with Crippen molar-refractivity contribution in [1.29, 1.82) is 0 Å². The fourth-order valence-electron chi connectivity index (χ4n) is 4.57. The zero-order chi connectivity index (χ0) is 28.3. The van der Waals surface area contributed by atoms with Gasteiger partial charge in [0.25, 0.3) is 0 Å². The second-order valence-electron chi connectivity index (χ2n) is 9.58. The smallest absolute Gasteiger partial charge is 0.340 e. The molecule has 204 valence electrons. The summed E-state index contributed by atoms with van der Waals surface area (Å²) in [5.41, 5.74) is 3.66. The van der Waals surface area contributed by atoms with Crippen LogP contribution in [0.1, 0.15) is 40.7 Å². The summed E-state index contributed by atoms with van der Waals surface area (Å²) >= 11 is 5.97. The van der Waals surface area contributed by atoms with Crippen LogP contribution in [0.4, 0.5) is 0 Å². The van der Waals surface area contributed by atoms with Crippen LogP contribution >= 0.6 is 11.6 Å². The van der Waals surface area contributed by atoms with Crippen LogP contribution in [0.3, 0.4) is 0 Å². The molecule has 0 aliphatic rings. The van der Waals surface area contributed by atoms with Crippen LogP contribution in [0.2, 0.25) is 5.02 Å².